The van der Waals surface area contributed by atoms with Crippen LogP contribution in [0.25, 0.3) is 0 Å². The molecular formula is C14H12F3NO. The zero-order valence-corrected chi connectivity index (χ0v) is 10.5. The van der Waals surface area contributed by atoms with Crippen LogP contribution in [0.5, 0.6) is 11.5 Å². The molecule has 0 saturated heterocycles. The molecule has 0 saturated carbocycles. The average molecular weight is 267 g/mol. The first-order valence-corrected chi connectivity index (χ1v) is 5.74. The lowest BCUT2D eigenvalue weighted by Crippen LogP contribution is -1.99. The monoisotopic (exact) mass is 267 g/mol. The molecule has 0 aliphatic rings. The second kappa shape index (κ2) is 5.30. The van der Waals surface area contributed by atoms with Gasteiger partial charge in [0.1, 0.15) is 29.0 Å². The Morgan fingerprint density at radius 2 is 1.74 bits per heavy atom. The number of pyridine rings is 1. The maximum absolute atomic E-state index is 13.7. The van der Waals surface area contributed by atoms with Crippen molar-refractivity contribution in [3.8, 4) is 11.5 Å². The largest absolute Gasteiger partial charge is 0.455 e. The van der Waals surface area contributed by atoms with Crippen LogP contribution < -0.4 is 4.74 Å². The molecule has 2 rings (SSSR count). The predicted molar refractivity (Wildman–Crippen MR) is 64.7 cm³/mol. The molecule has 0 fully saturated rings. The third kappa shape index (κ3) is 3.05. The molecule has 0 aliphatic heterocycles. The van der Waals surface area contributed by atoms with Crippen LogP contribution in [0.4, 0.5) is 13.2 Å². The molecule has 5 heteroatoms. The van der Waals surface area contributed by atoms with Crippen molar-refractivity contribution in [1.82, 2.24) is 4.98 Å². The number of rotatable bonds is 3. The smallest absolute Gasteiger partial charge is 0.148 e. The van der Waals surface area contributed by atoms with E-state index >= 15 is 0 Å². The lowest BCUT2D eigenvalue weighted by Gasteiger charge is -2.14. The van der Waals surface area contributed by atoms with Crippen LogP contribution in [0.1, 0.15) is 25.3 Å². The maximum Gasteiger partial charge on any atom is 0.148 e. The second-order valence-corrected chi connectivity index (χ2v) is 4.40. The predicted octanol–water partition coefficient (Wildman–Crippen LogP) is 4.41. The molecule has 0 spiro atoms. The van der Waals surface area contributed by atoms with Gasteiger partial charge in [0.2, 0.25) is 0 Å². The van der Waals surface area contributed by atoms with E-state index in [0.717, 1.165) is 24.4 Å². The Morgan fingerprint density at radius 3 is 2.37 bits per heavy atom. The van der Waals surface area contributed by atoms with Crippen molar-refractivity contribution in [2.45, 2.75) is 19.8 Å². The number of ether oxygens (including phenoxy) is 1. The van der Waals surface area contributed by atoms with Crippen LogP contribution in [0, 0.1) is 17.5 Å². The number of hydrogen-bond donors (Lipinski definition) is 0. The van der Waals surface area contributed by atoms with Gasteiger partial charge in [-0.25, -0.2) is 13.2 Å². The Balaban J connectivity index is 2.44. The van der Waals surface area contributed by atoms with Gasteiger partial charge in [0.05, 0.1) is 12.4 Å². The fraction of sp³-hybridized carbons (Fsp3) is 0.214. The summed E-state index contributed by atoms with van der Waals surface area (Å²) >= 11 is 0. The van der Waals surface area contributed by atoms with Crippen molar-refractivity contribution in [2.24, 2.45) is 0 Å². The summed E-state index contributed by atoms with van der Waals surface area (Å²) in [5.41, 5.74) is 0.241. The minimum atomic E-state index is -0.749. The van der Waals surface area contributed by atoms with Gasteiger partial charge in [-0.3, -0.25) is 4.98 Å². The summed E-state index contributed by atoms with van der Waals surface area (Å²) in [7, 11) is 0. The van der Waals surface area contributed by atoms with Gasteiger partial charge in [0.25, 0.3) is 0 Å². The highest BCUT2D eigenvalue weighted by Gasteiger charge is 2.16. The van der Waals surface area contributed by atoms with Crippen molar-refractivity contribution in [2.75, 3.05) is 0 Å². The van der Waals surface area contributed by atoms with Gasteiger partial charge in [0, 0.05) is 23.8 Å². The molecule has 0 bridgehead atoms. The Morgan fingerprint density at radius 1 is 1.00 bits per heavy atom. The number of halogens is 3. The van der Waals surface area contributed by atoms with E-state index in [-0.39, 0.29) is 23.0 Å². The van der Waals surface area contributed by atoms with Crippen LogP contribution in [-0.2, 0) is 0 Å². The molecule has 1 aromatic carbocycles. The molecule has 0 atom stereocenters. The Hall–Kier alpha value is -2.04. The topological polar surface area (TPSA) is 22.1 Å². The van der Waals surface area contributed by atoms with Gasteiger partial charge in [-0.15, -0.1) is 0 Å². The lowest BCUT2D eigenvalue weighted by atomic mass is 10.0. The molecule has 2 nitrogen and oxygen atoms in total. The second-order valence-electron chi connectivity index (χ2n) is 4.40. The number of aromatic nitrogens is 1. The molecule has 0 aliphatic carbocycles. The molecule has 0 unspecified atom stereocenters. The molecule has 19 heavy (non-hydrogen) atoms. The number of nitrogens with zero attached hydrogens (tertiary/aromatic N) is 1. The fourth-order valence-corrected chi connectivity index (χ4v) is 1.78. The molecule has 0 radical (unpaired) electrons. The summed E-state index contributed by atoms with van der Waals surface area (Å²) < 4.78 is 45.3. The van der Waals surface area contributed by atoms with Crippen LogP contribution in [0.2, 0.25) is 0 Å². The standard InChI is InChI=1S/C14H12F3NO/c1-8(2)14-12(17)4-9(15)5-13(14)19-11-3-10(16)6-18-7-11/h3-8H,1-2H3. The van der Waals surface area contributed by atoms with Crippen LogP contribution >= 0.6 is 0 Å². The van der Waals surface area contributed by atoms with E-state index in [1.807, 2.05) is 0 Å². The molecule has 0 amide bonds. The third-order valence-electron chi connectivity index (χ3n) is 2.54. The quantitative estimate of drug-likeness (QED) is 0.821. The van der Waals surface area contributed by atoms with E-state index in [1.54, 1.807) is 13.8 Å². The van der Waals surface area contributed by atoms with Gasteiger partial charge in [-0.05, 0) is 5.92 Å². The van der Waals surface area contributed by atoms with E-state index in [1.165, 1.54) is 6.20 Å². The lowest BCUT2D eigenvalue weighted by molar-refractivity contribution is 0.447. The normalized spacial score (nSPS) is 10.8. The molecule has 2 aromatic rings. The molecule has 1 heterocycles. The SMILES string of the molecule is CC(C)c1c(F)cc(F)cc1Oc1cncc(F)c1. The van der Waals surface area contributed by atoms with Gasteiger partial charge in [-0.1, -0.05) is 13.8 Å². The zero-order chi connectivity index (χ0) is 14.0. The summed E-state index contributed by atoms with van der Waals surface area (Å²) in [6.07, 6.45) is 2.29. The highest BCUT2D eigenvalue weighted by atomic mass is 19.1. The highest BCUT2D eigenvalue weighted by molar-refractivity contribution is 5.40. The van der Waals surface area contributed by atoms with Crippen LogP contribution in [0.15, 0.2) is 30.6 Å². The van der Waals surface area contributed by atoms with E-state index < -0.39 is 17.5 Å². The van der Waals surface area contributed by atoms with Gasteiger partial charge in [0.15, 0.2) is 0 Å². The molecule has 1 aromatic heterocycles. The molecule has 100 valence electrons. The Bertz CT molecular complexity index is 599. The molecule has 0 N–H and O–H groups in total. The Kier molecular flexibility index (Phi) is 3.74. The van der Waals surface area contributed by atoms with Crippen molar-refractivity contribution >= 4 is 0 Å². The number of hydrogen-bond acceptors (Lipinski definition) is 2. The first-order chi connectivity index (χ1) is 8.97. The van der Waals surface area contributed by atoms with E-state index in [2.05, 4.69) is 4.98 Å². The summed E-state index contributed by atoms with van der Waals surface area (Å²) in [5.74, 6) is -2.10. The minimum Gasteiger partial charge on any atom is -0.455 e. The van der Waals surface area contributed by atoms with Gasteiger partial charge >= 0.3 is 0 Å². The number of benzene rings is 1. The summed E-state index contributed by atoms with van der Waals surface area (Å²) in [4.78, 5) is 3.61. The van der Waals surface area contributed by atoms with Crippen molar-refractivity contribution in [1.29, 1.82) is 0 Å². The minimum absolute atomic E-state index is 0.0277. The van der Waals surface area contributed by atoms with E-state index in [0.29, 0.717) is 0 Å². The van der Waals surface area contributed by atoms with E-state index in [9.17, 15) is 13.2 Å². The summed E-state index contributed by atoms with van der Waals surface area (Å²) in [6.45, 7) is 3.51. The maximum atomic E-state index is 13.7. The van der Waals surface area contributed by atoms with Crippen LogP contribution in [0.3, 0.4) is 0 Å². The highest BCUT2D eigenvalue weighted by Crippen LogP contribution is 2.33. The summed E-state index contributed by atoms with van der Waals surface area (Å²) in [6, 6.07) is 2.97. The average Bonchev–Trinajstić information content (AvgIpc) is 2.26. The van der Waals surface area contributed by atoms with Gasteiger partial charge < -0.3 is 4.74 Å². The Labute approximate surface area is 108 Å². The third-order valence-corrected chi connectivity index (χ3v) is 2.54. The van der Waals surface area contributed by atoms with Gasteiger partial charge in [-0.2, -0.15) is 0 Å². The first-order valence-electron chi connectivity index (χ1n) is 5.74. The fourth-order valence-electron chi connectivity index (χ4n) is 1.78. The summed E-state index contributed by atoms with van der Waals surface area (Å²) in [5, 5.41) is 0. The van der Waals surface area contributed by atoms with Crippen molar-refractivity contribution in [3.05, 3.63) is 53.6 Å². The van der Waals surface area contributed by atoms with E-state index in [4.69, 9.17) is 4.74 Å². The van der Waals surface area contributed by atoms with Crippen molar-refractivity contribution in [3.63, 3.8) is 0 Å². The first kappa shape index (κ1) is 13.4. The van der Waals surface area contributed by atoms with Crippen LogP contribution in [-0.4, -0.2) is 4.98 Å². The molecular weight excluding hydrogens is 255 g/mol. The van der Waals surface area contributed by atoms with Crippen molar-refractivity contribution < 1.29 is 17.9 Å². The zero-order valence-electron chi connectivity index (χ0n) is 10.5.